The first-order valence-electron chi connectivity index (χ1n) is 8.88. The molecule has 0 saturated carbocycles. The third-order valence-electron chi connectivity index (χ3n) is 4.42. The molecule has 1 aliphatic rings. The summed E-state index contributed by atoms with van der Waals surface area (Å²) in [5.41, 5.74) is -1.02. The largest absolute Gasteiger partial charge is 0.433 e. The monoisotopic (exact) mass is 444 g/mol. The molecule has 1 aromatic heterocycles. The molecule has 160 valence electrons. The van der Waals surface area contributed by atoms with Gasteiger partial charge in [0.25, 0.3) is 0 Å². The number of benzene rings is 1. The lowest BCUT2D eigenvalue weighted by atomic mass is 10.0. The fraction of sp³-hybridized carbons (Fsp3) is 0.316. The number of urea groups is 1. The summed E-state index contributed by atoms with van der Waals surface area (Å²) in [5, 5.41) is 4.98. The average molecular weight is 445 g/mol. The molecule has 1 fully saturated rings. The van der Waals surface area contributed by atoms with Gasteiger partial charge in [-0.2, -0.15) is 13.2 Å². The minimum absolute atomic E-state index is 0.115. The lowest BCUT2D eigenvalue weighted by Crippen LogP contribution is -2.57. The van der Waals surface area contributed by atoms with Crippen molar-refractivity contribution < 1.29 is 27.2 Å². The predicted molar refractivity (Wildman–Crippen MR) is 100 cm³/mol. The molecule has 0 spiro atoms. The van der Waals surface area contributed by atoms with Crippen molar-refractivity contribution in [2.45, 2.75) is 25.2 Å². The highest BCUT2D eigenvalue weighted by molar-refractivity contribution is 6.30. The summed E-state index contributed by atoms with van der Waals surface area (Å²) in [5.74, 6) is -1.08. The van der Waals surface area contributed by atoms with Gasteiger partial charge in [0.15, 0.2) is 0 Å². The minimum atomic E-state index is -4.69. The van der Waals surface area contributed by atoms with Gasteiger partial charge in [-0.15, -0.1) is 0 Å². The van der Waals surface area contributed by atoms with Crippen molar-refractivity contribution >= 4 is 23.5 Å². The van der Waals surface area contributed by atoms with Gasteiger partial charge in [-0.25, -0.2) is 14.2 Å². The number of alkyl halides is 3. The van der Waals surface area contributed by atoms with Crippen molar-refractivity contribution in [3.8, 4) is 0 Å². The molecule has 1 aromatic carbocycles. The average Bonchev–Trinajstić information content (AvgIpc) is 2.67. The highest BCUT2D eigenvalue weighted by atomic mass is 35.5. The van der Waals surface area contributed by atoms with Gasteiger partial charge < -0.3 is 15.5 Å². The Bertz CT molecular complexity index is 970. The first-order chi connectivity index (χ1) is 14.0. The number of aromatic nitrogens is 1. The van der Waals surface area contributed by atoms with E-state index in [-0.39, 0.29) is 41.3 Å². The molecule has 1 aliphatic heterocycles. The molecule has 2 atom stereocenters. The Morgan fingerprint density at radius 3 is 2.70 bits per heavy atom. The number of nitrogens with zero attached hydrogens (tertiary/aromatic N) is 2. The zero-order chi connectivity index (χ0) is 22.1. The van der Waals surface area contributed by atoms with Crippen LogP contribution in [-0.2, 0) is 11.0 Å². The number of hydrogen-bond acceptors (Lipinski definition) is 3. The molecule has 6 nitrogen and oxygen atoms in total. The van der Waals surface area contributed by atoms with Gasteiger partial charge >= 0.3 is 12.2 Å². The lowest BCUT2D eigenvalue weighted by Gasteiger charge is -2.32. The Labute approximate surface area is 174 Å². The van der Waals surface area contributed by atoms with Gasteiger partial charge in [-0.1, -0.05) is 23.7 Å². The van der Waals surface area contributed by atoms with E-state index < -0.39 is 29.8 Å². The van der Waals surface area contributed by atoms with Crippen molar-refractivity contribution in [2.75, 3.05) is 13.1 Å². The Kier molecular flexibility index (Phi) is 6.16. The third-order valence-corrected chi connectivity index (χ3v) is 4.71. The quantitative estimate of drug-likeness (QED) is 0.711. The van der Waals surface area contributed by atoms with Crippen LogP contribution in [0.5, 0.6) is 0 Å². The normalized spacial score (nSPS) is 18.0. The van der Waals surface area contributed by atoms with Crippen LogP contribution in [0.1, 0.15) is 29.9 Å². The fourth-order valence-corrected chi connectivity index (χ4v) is 3.28. The second-order valence-corrected chi connectivity index (χ2v) is 7.26. The number of pyridine rings is 1. The van der Waals surface area contributed by atoms with Crippen LogP contribution >= 0.6 is 11.6 Å². The highest BCUT2D eigenvalue weighted by Crippen LogP contribution is 2.30. The van der Waals surface area contributed by atoms with E-state index >= 15 is 0 Å². The van der Waals surface area contributed by atoms with Crippen LogP contribution < -0.4 is 10.6 Å². The van der Waals surface area contributed by atoms with Crippen molar-refractivity contribution in [1.29, 1.82) is 0 Å². The molecule has 11 heteroatoms. The van der Waals surface area contributed by atoms with E-state index in [2.05, 4.69) is 15.6 Å². The Balaban J connectivity index is 1.97. The molecular formula is C19H17ClF4N4O2. The molecule has 2 N–H and O–H groups in total. The van der Waals surface area contributed by atoms with Gasteiger partial charge in [0.2, 0.25) is 5.91 Å². The highest BCUT2D eigenvalue weighted by Gasteiger charge is 2.34. The van der Waals surface area contributed by atoms with Crippen LogP contribution in [0, 0.1) is 5.82 Å². The number of rotatable bonds is 3. The molecule has 3 rings (SSSR count). The molecule has 1 unspecified atom stereocenters. The topological polar surface area (TPSA) is 74.3 Å². The van der Waals surface area contributed by atoms with Crippen LogP contribution in [0.3, 0.4) is 0 Å². The van der Waals surface area contributed by atoms with E-state index in [1.54, 1.807) is 6.92 Å². The van der Waals surface area contributed by atoms with E-state index in [1.807, 2.05) is 0 Å². The van der Waals surface area contributed by atoms with Crippen LogP contribution in [0.15, 0.2) is 36.4 Å². The fourth-order valence-electron chi connectivity index (χ4n) is 3.09. The molecule has 0 radical (unpaired) electrons. The SMILES string of the molecule is C[C@H]1CN(C(=O)NC(c2ccc(F)c(Cl)c2)c2cccc(C(F)(F)F)n2)CC(=O)N1. The Morgan fingerprint density at radius 1 is 1.33 bits per heavy atom. The summed E-state index contributed by atoms with van der Waals surface area (Å²) in [6.45, 7) is 1.72. The zero-order valence-corrected chi connectivity index (χ0v) is 16.4. The molecule has 3 amide bonds. The maximum Gasteiger partial charge on any atom is 0.433 e. The lowest BCUT2D eigenvalue weighted by molar-refractivity contribution is -0.141. The van der Waals surface area contributed by atoms with E-state index in [0.29, 0.717) is 0 Å². The molecule has 30 heavy (non-hydrogen) atoms. The number of amides is 3. The first-order valence-corrected chi connectivity index (χ1v) is 9.26. The molecule has 0 bridgehead atoms. The van der Waals surface area contributed by atoms with Crippen molar-refractivity contribution in [3.63, 3.8) is 0 Å². The van der Waals surface area contributed by atoms with Crippen LogP contribution in [0.4, 0.5) is 22.4 Å². The predicted octanol–water partition coefficient (Wildman–Crippen LogP) is 3.51. The number of nitrogens with one attached hydrogen (secondary N) is 2. The Hall–Kier alpha value is -2.88. The number of halogens is 5. The van der Waals surface area contributed by atoms with Crippen molar-refractivity contribution in [3.05, 3.63) is 64.2 Å². The summed E-state index contributed by atoms with van der Waals surface area (Å²) in [6.07, 6.45) is -4.69. The number of hydrogen-bond donors (Lipinski definition) is 2. The summed E-state index contributed by atoms with van der Waals surface area (Å²) in [6, 6.07) is 4.68. The van der Waals surface area contributed by atoms with E-state index in [9.17, 15) is 27.2 Å². The van der Waals surface area contributed by atoms with Gasteiger partial charge in [-0.3, -0.25) is 4.79 Å². The van der Waals surface area contributed by atoms with Gasteiger partial charge in [0, 0.05) is 12.6 Å². The van der Waals surface area contributed by atoms with Crippen LogP contribution in [0.2, 0.25) is 5.02 Å². The molecule has 2 aromatic rings. The second-order valence-electron chi connectivity index (χ2n) is 6.85. The zero-order valence-electron chi connectivity index (χ0n) is 15.6. The first kappa shape index (κ1) is 21.8. The van der Waals surface area contributed by atoms with Gasteiger partial charge in [0.05, 0.1) is 16.8 Å². The Morgan fingerprint density at radius 2 is 2.07 bits per heavy atom. The third kappa shape index (κ3) is 4.99. The standard InChI is InChI=1S/C19H17ClF4N4O2/c1-10-8-28(9-16(29)25-10)18(30)27-17(11-5-6-13(21)12(20)7-11)14-3-2-4-15(26-14)19(22,23)24/h2-7,10,17H,8-9H2,1H3,(H,25,29)(H,27,30)/t10-,17?/m0/s1. The summed E-state index contributed by atoms with van der Waals surface area (Å²) in [7, 11) is 0. The van der Waals surface area contributed by atoms with Crippen molar-refractivity contribution in [1.82, 2.24) is 20.5 Å². The van der Waals surface area contributed by atoms with Gasteiger partial charge in [-0.05, 0) is 36.8 Å². The number of carbonyl (C=O) groups is 2. The van der Waals surface area contributed by atoms with E-state index in [1.165, 1.54) is 23.1 Å². The minimum Gasteiger partial charge on any atom is -0.350 e. The summed E-state index contributed by atoms with van der Waals surface area (Å²) in [4.78, 5) is 29.3. The van der Waals surface area contributed by atoms with E-state index in [0.717, 1.165) is 18.2 Å². The van der Waals surface area contributed by atoms with Crippen molar-refractivity contribution in [2.24, 2.45) is 0 Å². The second kappa shape index (κ2) is 8.47. The van der Waals surface area contributed by atoms with Gasteiger partial charge in [0.1, 0.15) is 18.1 Å². The number of piperazine rings is 1. The molecular weight excluding hydrogens is 428 g/mol. The smallest absolute Gasteiger partial charge is 0.350 e. The maximum atomic E-state index is 13.6. The summed E-state index contributed by atoms with van der Waals surface area (Å²) < 4.78 is 52.9. The van der Waals surface area contributed by atoms with Crippen LogP contribution in [-0.4, -0.2) is 41.0 Å². The summed E-state index contributed by atoms with van der Waals surface area (Å²) >= 11 is 5.82. The maximum absolute atomic E-state index is 13.6. The number of carbonyl (C=O) groups excluding carboxylic acids is 2. The van der Waals surface area contributed by atoms with Crippen LogP contribution in [0.25, 0.3) is 0 Å². The molecule has 2 heterocycles. The molecule has 0 aliphatic carbocycles. The molecule has 1 saturated heterocycles. The van der Waals surface area contributed by atoms with E-state index in [4.69, 9.17) is 11.6 Å².